The first-order valence-corrected chi connectivity index (χ1v) is 20.1. The quantitative estimate of drug-likeness (QED) is 0.127. The van der Waals surface area contributed by atoms with E-state index in [1.54, 1.807) is 0 Å². The van der Waals surface area contributed by atoms with Crippen LogP contribution < -0.4 is 0 Å². The lowest BCUT2D eigenvalue weighted by molar-refractivity contribution is 1.13. The summed E-state index contributed by atoms with van der Waals surface area (Å²) >= 11 is 0. The van der Waals surface area contributed by atoms with E-state index >= 15 is 0 Å². The maximum atomic E-state index is 11.7. The summed E-state index contributed by atoms with van der Waals surface area (Å²) < 4.78 is 4.61. The summed E-state index contributed by atoms with van der Waals surface area (Å²) in [5.74, 6) is 0. The van der Waals surface area contributed by atoms with Crippen LogP contribution >= 0.6 is 0 Å². The molecule has 0 spiro atoms. The average molecular weight is 761 g/mol. The zero-order chi connectivity index (χ0) is 39.9. The minimum absolute atomic E-state index is 0.428. The topological polar surface area (TPSA) is 38.0 Å². The molecule has 0 atom stereocenters. The molecule has 0 aliphatic rings. The van der Waals surface area contributed by atoms with Crippen LogP contribution in [0, 0.1) is 17.9 Å². The van der Waals surface area contributed by atoms with E-state index in [2.05, 4.69) is 160 Å². The summed E-state index contributed by atoms with van der Waals surface area (Å²) in [6.45, 7) is 9.15. The van der Waals surface area contributed by atoms with Crippen molar-refractivity contribution in [2.45, 2.75) is 0 Å². The molecule has 2 heterocycles. The van der Waals surface area contributed by atoms with Gasteiger partial charge >= 0.3 is 0 Å². The molecule has 0 unspecified atom stereocenters. The molecule has 0 aliphatic carbocycles. The van der Waals surface area contributed by atoms with Gasteiger partial charge in [-0.25, -0.2) is 4.85 Å². The Hall–Kier alpha value is -8.44. The van der Waals surface area contributed by atoms with E-state index in [-0.39, 0.29) is 0 Å². The lowest BCUT2D eigenvalue weighted by Gasteiger charge is -2.25. The molecule has 0 radical (unpaired) electrons. The monoisotopic (exact) mass is 760 g/mol. The smallest absolute Gasteiger partial charge is 0.220 e. The van der Waals surface area contributed by atoms with Gasteiger partial charge in [0.05, 0.1) is 45.6 Å². The molecule has 0 aliphatic heterocycles. The second-order valence-corrected chi connectivity index (χ2v) is 15.3. The molecule has 2 aromatic heterocycles. The van der Waals surface area contributed by atoms with E-state index in [9.17, 15) is 5.26 Å². The number of fused-ring (bicyclic) bond motifs is 6. The van der Waals surface area contributed by atoms with E-state index in [1.807, 2.05) is 54.6 Å². The third-order valence-electron chi connectivity index (χ3n) is 12.3. The molecule has 60 heavy (non-hydrogen) atoms. The van der Waals surface area contributed by atoms with Crippen LogP contribution in [0.3, 0.4) is 0 Å². The fraction of sp³-hybridized carbons (Fsp3) is 0. The predicted octanol–water partition coefficient (Wildman–Crippen LogP) is 15.0. The molecule has 12 aromatic rings. The molecule has 12 rings (SSSR count). The van der Waals surface area contributed by atoms with Crippen LogP contribution in [0.4, 0.5) is 5.69 Å². The first kappa shape index (κ1) is 33.7. The van der Waals surface area contributed by atoms with Crippen molar-refractivity contribution in [3.63, 3.8) is 0 Å². The number of para-hydroxylation sites is 1. The van der Waals surface area contributed by atoms with Gasteiger partial charge in [-0.3, -0.25) is 0 Å². The summed E-state index contributed by atoms with van der Waals surface area (Å²) in [5, 5.41) is 20.9. The van der Waals surface area contributed by atoms with Crippen molar-refractivity contribution in [3.05, 3.63) is 211 Å². The summed E-state index contributed by atoms with van der Waals surface area (Å²) in [7, 11) is 0. The van der Waals surface area contributed by atoms with E-state index in [4.69, 9.17) is 6.57 Å². The molecule has 0 saturated carbocycles. The van der Waals surface area contributed by atoms with Crippen molar-refractivity contribution in [2.75, 3.05) is 0 Å². The highest BCUT2D eigenvalue weighted by Gasteiger charge is 2.32. The maximum absolute atomic E-state index is 11.7. The lowest BCUT2D eigenvalue weighted by Crippen LogP contribution is -2.08. The van der Waals surface area contributed by atoms with Gasteiger partial charge in [0.25, 0.3) is 0 Å². The molecule has 276 valence electrons. The van der Waals surface area contributed by atoms with Crippen molar-refractivity contribution in [1.29, 1.82) is 5.26 Å². The summed E-state index contributed by atoms with van der Waals surface area (Å²) in [6.07, 6.45) is 0. The number of nitrogens with zero attached hydrogens (tertiary/aromatic N) is 4. The first-order chi connectivity index (χ1) is 29.8. The van der Waals surface area contributed by atoms with Crippen molar-refractivity contribution < 1.29 is 0 Å². The first-order valence-electron chi connectivity index (χ1n) is 20.1. The number of benzene rings is 10. The van der Waals surface area contributed by atoms with Gasteiger partial charge in [0, 0.05) is 32.7 Å². The second kappa shape index (κ2) is 13.0. The van der Waals surface area contributed by atoms with Gasteiger partial charge in [0.15, 0.2) is 0 Å². The van der Waals surface area contributed by atoms with Crippen LogP contribution in [-0.2, 0) is 0 Å². The molecule has 0 saturated heterocycles. The fourth-order valence-electron chi connectivity index (χ4n) is 10.0. The van der Waals surface area contributed by atoms with Crippen molar-refractivity contribution >= 4 is 70.8 Å². The van der Waals surface area contributed by atoms with Crippen molar-refractivity contribution in [2.24, 2.45) is 0 Å². The molecule has 0 bridgehead atoms. The van der Waals surface area contributed by atoms with E-state index in [1.165, 1.54) is 21.5 Å². The Labute approximate surface area is 345 Å². The van der Waals surface area contributed by atoms with Crippen molar-refractivity contribution in [3.8, 4) is 50.8 Å². The number of aromatic nitrogens is 2. The minimum Gasteiger partial charge on any atom is -0.318 e. The Morgan fingerprint density at radius 1 is 0.383 bits per heavy atom. The number of hydrogen-bond acceptors (Lipinski definition) is 1. The normalized spacial score (nSPS) is 11.6. The van der Waals surface area contributed by atoms with Crippen molar-refractivity contribution in [1.82, 2.24) is 9.13 Å². The van der Waals surface area contributed by atoms with Gasteiger partial charge in [-0.15, -0.1) is 0 Å². The van der Waals surface area contributed by atoms with Gasteiger partial charge in [0.2, 0.25) is 5.69 Å². The molecule has 0 amide bonds. The average Bonchev–Trinajstić information content (AvgIpc) is 3.84. The predicted molar refractivity (Wildman–Crippen MR) is 249 cm³/mol. The Morgan fingerprint density at radius 2 is 0.817 bits per heavy atom. The highest BCUT2D eigenvalue weighted by atomic mass is 15.0. The third-order valence-corrected chi connectivity index (χ3v) is 12.3. The van der Waals surface area contributed by atoms with Gasteiger partial charge in [-0.05, 0) is 68.1 Å². The highest BCUT2D eigenvalue weighted by Crippen LogP contribution is 2.53. The van der Waals surface area contributed by atoms with Gasteiger partial charge in [-0.2, -0.15) is 5.26 Å². The molecule has 4 heteroatoms. The maximum Gasteiger partial charge on any atom is 0.220 e. The Balaban J connectivity index is 1.37. The standard InChI is InChI=1S/C56H32N4/c1-58-54-49(36-20-7-3-8-21-36)44(34-57)55(59-45-30-14-13-26-43(45)51-38(27-15-31-46(51)59)35-18-5-2-6-19-35)50(37-22-9-4-10-23-37)56(54)60-47-32-16-28-41-39-24-11-12-25-40(39)42-29-17-33-48(60)53(42)52(41)47/h2-33H. The third kappa shape index (κ3) is 4.59. The Kier molecular flexibility index (Phi) is 7.32. The SMILES string of the molecule is [C-]#[N+]c1c(-c2ccccc2)c(C#N)c(-n2c3ccccc3c3c(-c4ccccc4)cccc32)c(-c2ccccc2)c1-n1c2cccc3c4ccccc4c4cccc1c4c32. The van der Waals surface area contributed by atoms with E-state index in [0.29, 0.717) is 16.8 Å². The molecule has 4 nitrogen and oxygen atoms in total. The van der Waals surface area contributed by atoms with Gasteiger partial charge in [0.1, 0.15) is 6.07 Å². The second-order valence-electron chi connectivity index (χ2n) is 15.3. The van der Waals surface area contributed by atoms with Crippen LogP contribution in [-0.4, -0.2) is 9.13 Å². The van der Waals surface area contributed by atoms with Crippen LogP contribution in [0.5, 0.6) is 0 Å². The number of nitriles is 1. The molecular formula is C56H32N4. The lowest BCUT2D eigenvalue weighted by atomic mass is 9.88. The molecule has 10 aromatic carbocycles. The summed E-state index contributed by atoms with van der Waals surface area (Å²) in [6, 6.07) is 70.3. The minimum atomic E-state index is 0.428. The summed E-state index contributed by atoms with van der Waals surface area (Å²) in [4.78, 5) is 4.48. The fourth-order valence-corrected chi connectivity index (χ4v) is 10.0. The highest BCUT2D eigenvalue weighted by molar-refractivity contribution is 6.34. The van der Waals surface area contributed by atoms with Crippen LogP contribution in [0.25, 0.3) is 115 Å². The van der Waals surface area contributed by atoms with Crippen LogP contribution in [0.15, 0.2) is 194 Å². The number of rotatable bonds is 5. The zero-order valence-corrected chi connectivity index (χ0v) is 32.3. The zero-order valence-electron chi connectivity index (χ0n) is 32.3. The summed E-state index contributed by atoms with van der Waals surface area (Å²) in [5.41, 5.74) is 11.7. The largest absolute Gasteiger partial charge is 0.318 e. The Bertz CT molecular complexity index is 3680. The van der Waals surface area contributed by atoms with Gasteiger partial charge < -0.3 is 9.13 Å². The molecule has 0 N–H and O–H groups in total. The molecule has 0 fully saturated rings. The molecular weight excluding hydrogens is 729 g/mol. The van der Waals surface area contributed by atoms with Crippen LogP contribution in [0.1, 0.15) is 5.56 Å². The number of hydrogen-bond donors (Lipinski definition) is 0. The van der Waals surface area contributed by atoms with E-state index < -0.39 is 0 Å². The van der Waals surface area contributed by atoms with Gasteiger partial charge in [-0.1, -0.05) is 170 Å². The van der Waals surface area contributed by atoms with E-state index in [0.717, 1.165) is 82.8 Å². The Morgan fingerprint density at radius 3 is 1.38 bits per heavy atom. The van der Waals surface area contributed by atoms with Crippen LogP contribution in [0.2, 0.25) is 0 Å².